The Bertz CT molecular complexity index is 1020. The molecule has 0 unspecified atom stereocenters. The van der Waals surface area contributed by atoms with Crippen LogP contribution in [0.25, 0.3) is 0 Å². The molecule has 0 bridgehead atoms. The second-order valence-corrected chi connectivity index (χ2v) is 8.39. The minimum Gasteiger partial charge on any atom is -0.346 e. The van der Waals surface area contributed by atoms with Gasteiger partial charge in [-0.2, -0.15) is 26.3 Å². The summed E-state index contributed by atoms with van der Waals surface area (Å²) in [6.45, 7) is 3.51. The third kappa shape index (κ3) is 5.69. The Morgan fingerprint density at radius 3 is 1.97 bits per heavy atom. The van der Waals surface area contributed by atoms with Crippen molar-refractivity contribution in [3.05, 3.63) is 83.4 Å². The molecule has 3 nitrogen and oxygen atoms in total. The minimum atomic E-state index is -5.03. The van der Waals surface area contributed by atoms with Crippen molar-refractivity contribution in [1.29, 1.82) is 0 Å². The molecule has 2 aromatic rings. The predicted molar refractivity (Wildman–Crippen MR) is 114 cm³/mol. The Labute approximate surface area is 192 Å². The topological polar surface area (TPSA) is 46.2 Å². The number of benzene rings is 2. The van der Waals surface area contributed by atoms with Crippen LogP contribution < -0.4 is 5.32 Å². The number of hydrogen-bond donors (Lipinski definition) is 1. The first-order chi connectivity index (χ1) is 15.9. The molecule has 1 fully saturated rings. The first kappa shape index (κ1) is 25.5. The normalized spacial score (nSPS) is 17.2. The van der Waals surface area contributed by atoms with Crippen molar-refractivity contribution in [2.24, 2.45) is 0 Å². The number of Topliss-reactive ketones (excluding diaryl/α,β-unsaturated/α-hetero) is 1. The van der Waals surface area contributed by atoms with Crippen molar-refractivity contribution in [3.8, 4) is 0 Å². The average molecular weight is 483 g/mol. The van der Waals surface area contributed by atoms with E-state index in [4.69, 9.17) is 0 Å². The van der Waals surface area contributed by atoms with E-state index in [2.05, 4.69) is 11.9 Å². The Morgan fingerprint density at radius 1 is 0.971 bits per heavy atom. The number of carbonyl (C=O) groups excluding carboxylic acids is 2. The highest BCUT2D eigenvalue weighted by molar-refractivity contribution is 5.86. The van der Waals surface area contributed by atoms with Gasteiger partial charge in [0.2, 0.25) is 5.91 Å². The summed E-state index contributed by atoms with van der Waals surface area (Å²) in [4.78, 5) is 25.2. The molecule has 9 heteroatoms. The van der Waals surface area contributed by atoms with Crippen LogP contribution in [0.1, 0.15) is 60.3 Å². The molecule has 0 heterocycles. The SMILES string of the molecule is C=CC[C@H](C(=O)NC1(c2ccccc2)CCC(=O)CC1)c1cc(C(F)(F)F)cc(C(F)(F)F)c1. The zero-order valence-electron chi connectivity index (χ0n) is 18.1. The van der Waals surface area contributed by atoms with Crippen LogP contribution in [0, 0.1) is 0 Å². The highest BCUT2D eigenvalue weighted by Gasteiger charge is 2.41. The van der Waals surface area contributed by atoms with Gasteiger partial charge in [-0.1, -0.05) is 36.4 Å². The van der Waals surface area contributed by atoms with Gasteiger partial charge in [-0.3, -0.25) is 9.59 Å². The molecular weight excluding hydrogens is 460 g/mol. The maximum atomic E-state index is 13.4. The van der Waals surface area contributed by atoms with Crippen LogP contribution in [0.3, 0.4) is 0 Å². The van der Waals surface area contributed by atoms with Gasteiger partial charge in [0.05, 0.1) is 22.6 Å². The molecule has 1 aliphatic rings. The molecular formula is C25H23F6NO2. The number of nitrogens with one attached hydrogen (secondary N) is 1. The van der Waals surface area contributed by atoms with Crippen LogP contribution >= 0.6 is 0 Å². The van der Waals surface area contributed by atoms with Gasteiger partial charge in [0.25, 0.3) is 0 Å². The first-order valence-corrected chi connectivity index (χ1v) is 10.7. The highest BCUT2D eigenvalue weighted by atomic mass is 19.4. The van der Waals surface area contributed by atoms with Crippen LogP contribution in [-0.2, 0) is 27.5 Å². The molecule has 1 aliphatic carbocycles. The van der Waals surface area contributed by atoms with Crippen LogP contribution in [0.5, 0.6) is 0 Å². The molecule has 0 aromatic heterocycles. The highest BCUT2D eigenvalue weighted by Crippen LogP contribution is 2.40. The zero-order valence-corrected chi connectivity index (χ0v) is 18.1. The van der Waals surface area contributed by atoms with E-state index >= 15 is 0 Å². The second kappa shape index (κ2) is 9.64. The van der Waals surface area contributed by atoms with Gasteiger partial charge in [-0.15, -0.1) is 6.58 Å². The number of rotatable bonds is 6. The van der Waals surface area contributed by atoms with E-state index in [0.717, 1.165) is 0 Å². The summed E-state index contributed by atoms with van der Waals surface area (Å²) < 4.78 is 80.1. The lowest BCUT2D eigenvalue weighted by Gasteiger charge is -2.39. The first-order valence-electron chi connectivity index (χ1n) is 10.7. The maximum absolute atomic E-state index is 13.4. The molecule has 0 radical (unpaired) electrons. The molecule has 0 saturated heterocycles. The van der Waals surface area contributed by atoms with Gasteiger partial charge in [0.15, 0.2) is 0 Å². The number of hydrogen-bond acceptors (Lipinski definition) is 2. The van der Waals surface area contributed by atoms with E-state index in [1.165, 1.54) is 6.08 Å². The summed E-state index contributed by atoms with van der Waals surface area (Å²) in [5.74, 6) is -2.04. The molecule has 1 atom stereocenters. The summed E-state index contributed by atoms with van der Waals surface area (Å²) in [6, 6.07) is 9.99. The van der Waals surface area contributed by atoms with Crippen molar-refractivity contribution < 1.29 is 35.9 Å². The van der Waals surface area contributed by atoms with E-state index in [1.807, 2.05) is 0 Å². The molecule has 0 spiro atoms. The fourth-order valence-electron chi connectivity index (χ4n) is 4.26. The number of amides is 1. The summed E-state index contributed by atoms with van der Waals surface area (Å²) in [5, 5.41) is 2.87. The summed E-state index contributed by atoms with van der Waals surface area (Å²) in [7, 11) is 0. The Kier molecular flexibility index (Phi) is 7.24. The number of carbonyl (C=O) groups is 2. The maximum Gasteiger partial charge on any atom is 0.416 e. The molecule has 3 rings (SSSR count). The van der Waals surface area contributed by atoms with E-state index in [0.29, 0.717) is 17.7 Å². The molecule has 182 valence electrons. The molecule has 0 aliphatic heterocycles. The third-order valence-corrected chi connectivity index (χ3v) is 6.08. The van der Waals surface area contributed by atoms with E-state index in [9.17, 15) is 35.9 Å². The fraction of sp³-hybridized carbons (Fsp3) is 0.360. The lowest BCUT2D eigenvalue weighted by molar-refractivity contribution is -0.143. The van der Waals surface area contributed by atoms with Crippen molar-refractivity contribution in [2.45, 2.75) is 55.9 Å². The summed E-state index contributed by atoms with van der Waals surface area (Å²) >= 11 is 0. The zero-order chi connectivity index (χ0) is 25.1. The standard InChI is InChI=1S/C25H23F6NO2/c1-2-6-21(16-13-18(24(26,27)28)15-19(14-16)25(29,30)31)22(34)32-23(11-9-20(33)10-12-23)17-7-4-3-5-8-17/h2-5,7-8,13-15,21H,1,6,9-12H2,(H,32,34)/t21-/m0/s1. The number of alkyl halides is 6. The van der Waals surface area contributed by atoms with Crippen molar-refractivity contribution in [1.82, 2.24) is 5.32 Å². The van der Waals surface area contributed by atoms with Crippen molar-refractivity contribution >= 4 is 11.7 Å². The van der Waals surface area contributed by atoms with Crippen molar-refractivity contribution in [3.63, 3.8) is 0 Å². The third-order valence-electron chi connectivity index (χ3n) is 6.08. The Morgan fingerprint density at radius 2 is 1.50 bits per heavy atom. The van der Waals surface area contributed by atoms with Gasteiger partial charge in [0, 0.05) is 12.8 Å². The predicted octanol–water partition coefficient (Wildman–Crippen LogP) is 6.54. The second-order valence-electron chi connectivity index (χ2n) is 8.39. The summed E-state index contributed by atoms with van der Waals surface area (Å²) in [5.41, 5.74) is -3.62. The lowest BCUT2D eigenvalue weighted by atomic mass is 9.75. The monoisotopic (exact) mass is 483 g/mol. The van der Waals surface area contributed by atoms with Crippen LogP contribution in [0.15, 0.2) is 61.2 Å². The van der Waals surface area contributed by atoms with E-state index in [-0.39, 0.29) is 44.0 Å². The van der Waals surface area contributed by atoms with Crippen molar-refractivity contribution in [2.75, 3.05) is 0 Å². The Hall–Kier alpha value is -3.10. The van der Waals surface area contributed by atoms with Gasteiger partial charge in [0.1, 0.15) is 5.78 Å². The minimum absolute atomic E-state index is 0.0242. The molecule has 34 heavy (non-hydrogen) atoms. The Balaban J connectivity index is 2.04. The molecule has 1 N–H and O–H groups in total. The fourth-order valence-corrected chi connectivity index (χ4v) is 4.26. The van der Waals surface area contributed by atoms with Gasteiger partial charge in [-0.25, -0.2) is 0 Å². The molecule has 1 saturated carbocycles. The largest absolute Gasteiger partial charge is 0.416 e. The number of allylic oxidation sites excluding steroid dienone is 1. The van der Waals surface area contributed by atoms with Gasteiger partial charge < -0.3 is 5.32 Å². The lowest BCUT2D eigenvalue weighted by Crippen LogP contribution is -2.49. The number of ketones is 1. The van der Waals surface area contributed by atoms with Crippen LogP contribution in [0.4, 0.5) is 26.3 Å². The number of halogens is 6. The van der Waals surface area contributed by atoms with E-state index < -0.39 is 46.4 Å². The molecule has 1 amide bonds. The van der Waals surface area contributed by atoms with E-state index in [1.54, 1.807) is 30.3 Å². The van der Waals surface area contributed by atoms with Crippen LogP contribution in [-0.4, -0.2) is 11.7 Å². The summed E-state index contributed by atoms with van der Waals surface area (Å²) in [6.07, 6.45) is -8.00. The smallest absolute Gasteiger partial charge is 0.346 e. The quantitative estimate of drug-likeness (QED) is 0.375. The van der Waals surface area contributed by atoms with Gasteiger partial charge in [-0.05, 0) is 48.6 Å². The average Bonchev–Trinajstić information content (AvgIpc) is 2.78. The molecule has 2 aromatic carbocycles. The van der Waals surface area contributed by atoms with Crippen LogP contribution in [0.2, 0.25) is 0 Å². The van der Waals surface area contributed by atoms with Gasteiger partial charge >= 0.3 is 12.4 Å².